The molecule has 0 unspecified atom stereocenters. The summed E-state index contributed by atoms with van der Waals surface area (Å²) in [5.74, 6) is 12.7. The highest BCUT2D eigenvalue weighted by Crippen LogP contribution is 2.67. The van der Waals surface area contributed by atoms with Gasteiger partial charge in [0.1, 0.15) is 11.9 Å². The Labute approximate surface area is 348 Å². The van der Waals surface area contributed by atoms with Crippen molar-refractivity contribution in [3.8, 4) is 17.6 Å². The van der Waals surface area contributed by atoms with E-state index < -0.39 is 0 Å². The van der Waals surface area contributed by atoms with Crippen molar-refractivity contribution in [1.29, 1.82) is 0 Å². The van der Waals surface area contributed by atoms with Crippen molar-refractivity contribution < 1.29 is 14.3 Å². The third-order valence-corrected chi connectivity index (χ3v) is 15.6. The second kappa shape index (κ2) is 20.8. The molecule has 312 valence electrons. The summed E-state index contributed by atoms with van der Waals surface area (Å²) in [5.41, 5.74) is 5.81. The van der Waals surface area contributed by atoms with Gasteiger partial charge in [-0.3, -0.25) is 4.79 Å². The normalized spacial score (nSPS) is 28.3. The molecule has 8 atom stereocenters. The molecule has 0 aliphatic heterocycles. The van der Waals surface area contributed by atoms with Gasteiger partial charge in [-0.15, -0.1) is 0 Å². The summed E-state index contributed by atoms with van der Waals surface area (Å²) in [4.78, 5) is 13.0. The third-order valence-electron chi connectivity index (χ3n) is 15.6. The second-order valence-corrected chi connectivity index (χ2v) is 19.9. The summed E-state index contributed by atoms with van der Waals surface area (Å²) >= 11 is 0. The summed E-state index contributed by atoms with van der Waals surface area (Å²) in [7, 11) is 0. The molecule has 4 aliphatic rings. The van der Waals surface area contributed by atoms with E-state index in [1.165, 1.54) is 89.0 Å². The van der Waals surface area contributed by atoms with Crippen LogP contribution in [0.15, 0.2) is 60.2 Å². The van der Waals surface area contributed by atoms with Crippen molar-refractivity contribution in [3.05, 3.63) is 76.9 Å². The monoisotopic (exact) mass is 775 g/mol. The molecular formula is C54H78O3. The number of benzene rings is 2. The van der Waals surface area contributed by atoms with Crippen LogP contribution < -0.4 is 4.74 Å². The number of carbonyl (C=O) groups is 1. The zero-order valence-electron chi connectivity index (χ0n) is 37.0. The zero-order chi connectivity index (χ0) is 40.3. The first-order chi connectivity index (χ1) is 27.6. The van der Waals surface area contributed by atoms with Gasteiger partial charge in [0.25, 0.3) is 0 Å². The van der Waals surface area contributed by atoms with Crippen molar-refractivity contribution in [2.24, 2.45) is 46.3 Å². The van der Waals surface area contributed by atoms with E-state index in [1.807, 2.05) is 24.3 Å². The highest BCUT2D eigenvalue weighted by molar-refractivity contribution is 5.69. The molecule has 6 rings (SSSR count). The molecule has 3 saturated carbocycles. The lowest BCUT2D eigenvalue weighted by molar-refractivity contribution is -0.151. The summed E-state index contributed by atoms with van der Waals surface area (Å²) < 4.78 is 12.1. The van der Waals surface area contributed by atoms with E-state index in [0.717, 1.165) is 104 Å². The first-order valence-electron chi connectivity index (χ1n) is 23.8. The molecule has 0 spiro atoms. The highest BCUT2D eigenvalue weighted by Gasteiger charge is 2.59. The Morgan fingerprint density at radius 2 is 1.49 bits per heavy atom. The SMILES string of the molecule is CCCCCCCOc1ccc(C#Cc2ccc(CCCCCC(=O)O[C@H]3CC[C@@]4(C)C(=CC[C@H]5[C@@H]6CC[C@H]([C@H](C)CCCC(C)C)[C@@]6(C)CC[C@@H]54)C3)cc2)cc1. The number of aryl methyl sites for hydroxylation is 1. The zero-order valence-corrected chi connectivity index (χ0v) is 37.0. The molecule has 3 fully saturated rings. The van der Waals surface area contributed by atoms with Gasteiger partial charge in [0, 0.05) is 24.0 Å². The Morgan fingerprint density at radius 3 is 2.23 bits per heavy atom. The quantitative estimate of drug-likeness (QED) is 0.0617. The Balaban J connectivity index is 0.876. The minimum absolute atomic E-state index is 0.00808. The molecular weight excluding hydrogens is 697 g/mol. The van der Waals surface area contributed by atoms with Gasteiger partial charge in [-0.05, 0) is 159 Å². The van der Waals surface area contributed by atoms with Gasteiger partial charge in [-0.1, -0.05) is 129 Å². The Kier molecular flexibility index (Phi) is 15.9. The molecule has 0 radical (unpaired) electrons. The molecule has 0 heterocycles. The smallest absolute Gasteiger partial charge is 0.306 e. The van der Waals surface area contributed by atoms with Gasteiger partial charge >= 0.3 is 5.97 Å². The first kappa shape index (κ1) is 43.6. The lowest BCUT2D eigenvalue weighted by Gasteiger charge is -2.58. The molecule has 57 heavy (non-hydrogen) atoms. The van der Waals surface area contributed by atoms with E-state index >= 15 is 0 Å². The van der Waals surface area contributed by atoms with Crippen LogP contribution >= 0.6 is 0 Å². The largest absolute Gasteiger partial charge is 0.494 e. The maximum atomic E-state index is 13.0. The predicted octanol–water partition coefficient (Wildman–Crippen LogP) is 14.5. The van der Waals surface area contributed by atoms with Crippen molar-refractivity contribution in [1.82, 2.24) is 0 Å². The number of carbonyl (C=O) groups excluding carboxylic acids is 1. The van der Waals surface area contributed by atoms with E-state index in [4.69, 9.17) is 9.47 Å². The summed E-state index contributed by atoms with van der Waals surface area (Å²) in [5, 5.41) is 0. The summed E-state index contributed by atoms with van der Waals surface area (Å²) in [6, 6.07) is 16.8. The minimum atomic E-state index is 0.00808. The van der Waals surface area contributed by atoms with E-state index in [9.17, 15) is 4.79 Å². The third kappa shape index (κ3) is 11.4. The average molecular weight is 775 g/mol. The van der Waals surface area contributed by atoms with Gasteiger partial charge in [-0.2, -0.15) is 0 Å². The van der Waals surface area contributed by atoms with Crippen LogP contribution in [0.5, 0.6) is 5.75 Å². The minimum Gasteiger partial charge on any atom is -0.494 e. The van der Waals surface area contributed by atoms with E-state index in [1.54, 1.807) is 5.57 Å². The average Bonchev–Trinajstić information content (AvgIpc) is 3.56. The lowest BCUT2D eigenvalue weighted by Crippen LogP contribution is -2.51. The number of unbranched alkanes of at least 4 members (excludes halogenated alkanes) is 6. The van der Waals surface area contributed by atoms with Crippen molar-refractivity contribution in [2.45, 2.75) is 182 Å². The van der Waals surface area contributed by atoms with E-state index in [0.29, 0.717) is 17.3 Å². The lowest BCUT2D eigenvalue weighted by atomic mass is 9.47. The fourth-order valence-electron chi connectivity index (χ4n) is 12.2. The molecule has 0 saturated heterocycles. The van der Waals surface area contributed by atoms with Crippen LogP contribution in [-0.2, 0) is 16.0 Å². The maximum absolute atomic E-state index is 13.0. The molecule has 0 N–H and O–H groups in total. The van der Waals surface area contributed by atoms with Crippen molar-refractivity contribution in [2.75, 3.05) is 6.61 Å². The molecule has 2 aromatic rings. The first-order valence-corrected chi connectivity index (χ1v) is 23.8. The molecule has 2 aromatic carbocycles. The topological polar surface area (TPSA) is 35.5 Å². The van der Waals surface area contributed by atoms with E-state index in [-0.39, 0.29) is 12.1 Å². The standard InChI is InChI=1S/C54H78O3/c1-7-8-9-10-14-38-56-46-29-26-44(27-30-46)25-24-43-22-20-42(21-23-43)18-12-11-13-19-52(55)57-47-34-36-53(5)45(39-47)28-31-48-50-33-32-49(41(4)17-15-16-40(2)3)54(50,6)37-35-51(48)53/h20-23,26-30,40-41,47-51H,7-19,31-39H2,1-6H3/t41-,47+,48+,49-,50+,51+,53+,54-/m1/s1. The number of hydrogen-bond donors (Lipinski definition) is 0. The van der Waals surface area contributed by atoms with Gasteiger partial charge in [0.05, 0.1) is 6.61 Å². The fourth-order valence-corrected chi connectivity index (χ4v) is 12.2. The van der Waals surface area contributed by atoms with Crippen LogP contribution in [0.3, 0.4) is 0 Å². The van der Waals surface area contributed by atoms with Crippen LogP contribution in [0.25, 0.3) is 0 Å². The van der Waals surface area contributed by atoms with Gasteiger partial charge in [-0.25, -0.2) is 0 Å². The molecule has 3 nitrogen and oxygen atoms in total. The van der Waals surface area contributed by atoms with Gasteiger partial charge in [0.2, 0.25) is 0 Å². The Bertz CT molecular complexity index is 1640. The molecule has 3 heteroatoms. The maximum Gasteiger partial charge on any atom is 0.306 e. The highest BCUT2D eigenvalue weighted by atomic mass is 16.5. The number of ether oxygens (including phenoxy) is 2. The predicted molar refractivity (Wildman–Crippen MR) is 238 cm³/mol. The number of allylic oxidation sites excluding steroid dienone is 1. The number of fused-ring (bicyclic) bond motifs is 5. The fraction of sp³-hybridized carbons (Fsp3) is 0.685. The molecule has 0 amide bonds. The van der Waals surface area contributed by atoms with Crippen LogP contribution in [0.4, 0.5) is 0 Å². The van der Waals surface area contributed by atoms with Crippen LogP contribution in [-0.4, -0.2) is 18.7 Å². The Morgan fingerprint density at radius 1 is 0.772 bits per heavy atom. The summed E-state index contributed by atoms with van der Waals surface area (Å²) in [6.45, 7) is 15.6. The molecule has 0 bridgehead atoms. The van der Waals surface area contributed by atoms with E-state index in [2.05, 4.69) is 83.7 Å². The Hall–Kier alpha value is -2.99. The number of rotatable bonds is 19. The van der Waals surface area contributed by atoms with Crippen molar-refractivity contribution in [3.63, 3.8) is 0 Å². The number of esters is 1. The summed E-state index contributed by atoms with van der Waals surface area (Å²) in [6.07, 6.45) is 27.9. The molecule has 4 aliphatic carbocycles. The van der Waals surface area contributed by atoms with Crippen LogP contribution in [0.2, 0.25) is 0 Å². The number of hydrogen-bond acceptors (Lipinski definition) is 3. The molecule has 0 aromatic heterocycles. The second-order valence-electron chi connectivity index (χ2n) is 19.9. The van der Waals surface area contributed by atoms with Gasteiger partial charge < -0.3 is 9.47 Å². The van der Waals surface area contributed by atoms with Crippen LogP contribution in [0.1, 0.15) is 187 Å². The van der Waals surface area contributed by atoms with Gasteiger partial charge in [0.15, 0.2) is 0 Å². The van der Waals surface area contributed by atoms with Crippen molar-refractivity contribution >= 4 is 5.97 Å². The van der Waals surface area contributed by atoms with Crippen LogP contribution in [0, 0.1) is 58.2 Å².